The maximum absolute atomic E-state index is 12.0. The van der Waals surface area contributed by atoms with E-state index >= 15 is 0 Å². The van der Waals surface area contributed by atoms with Gasteiger partial charge in [-0.2, -0.15) is 0 Å². The molecule has 2 aromatic carbocycles. The van der Waals surface area contributed by atoms with E-state index in [1.807, 2.05) is 25.1 Å². The van der Waals surface area contributed by atoms with Crippen molar-refractivity contribution >= 4 is 23.5 Å². The molecule has 160 valence electrons. The second kappa shape index (κ2) is 13.1. The highest BCUT2D eigenvalue weighted by Crippen LogP contribution is 2.11. The van der Waals surface area contributed by atoms with Crippen molar-refractivity contribution in [1.82, 2.24) is 5.32 Å². The number of aryl methyl sites for hydroxylation is 1. The molecule has 0 unspecified atom stereocenters. The Morgan fingerprint density at radius 2 is 1.63 bits per heavy atom. The number of carbonyl (C=O) groups is 3. The number of hydrogen-bond acceptors (Lipinski definition) is 4. The molecule has 0 saturated carbocycles. The van der Waals surface area contributed by atoms with Crippen LogP contribution in [0.5, 0.6) is 0 Å². The maximum atomic E-state index is 12.0. The molecule has 2 rings (SSSR count). The fraction of sp³-hybridized carbons (Fsp3) is 0.375. The van der Waals surface area contributed by atoms with Crippen molar-refractivity contribution in [2.24, 2.45) is 0 Å². The summed E-state index contributed by atoms with van der Waals surface area (Å²) < 4.78 is 5.22. The summed E-state index contributed by atoms with van der Waals surface area (Å²) in [6, 6.07) is 16.8. The molecule has 6 heteroatoms. The maximum Gasteiger partial charge on any atom is 0.305 e. The summed E-state index contributed by atoms with van der Waals surface area (Å²) in [5, 5.41) is 5.58. The van der Waals surface area contributed by atoms with E-state index in [1.54, 1.807) is 24.3 Å². The molecule has 30 heavy (non-hydrogen) atoms. The summed E-state index contributed by atoms with van der Waals surface area (Å²) in [6.45, 7) is 3.01. The smallest absolute Gasteiger partial charge is 0.305 e. The van der Waals surface area contributed by atoms with Crippen LogP contribution >= 0.6 is 0 Å². The standard InChI is InChI=1S/C24H30N2O4/c1-2-17-25-24(29)20-13-15-21(16-14-20)26-22(27)11-6-12-23(28)30-18-7-10-19-8-4-3-5-9-19/h3-5,8-9,13-16H,2,6-7,10-12,17-18H2,1H3,(H,25,29)(H,26,27). The quantitative estimate of drug-likeness (QED) is 0.407. The van der Waals surface area contributed by atoms with Crippen LogP contribution in [-0.4, -0.2) is 30.9 Å². The molecule has 0 aliphatic heterocycles. The summed E-state index contributed by atoms with van der Waals surface area (Å²) in [5.74, 6) is -0.578. The molecule has 2 N–H and O–H groups in total. The number of benzene rings is 2. The van der Waals surface area contributed by atoms with Crippen molar-refractivity contribution in [2.75, 3.05) is 18.5 Å². The highest BCUT2D eigenvalue weighted by atomic mass is 16.5. The molecular formula is C24H30N2O4. The molecule has 0 radical (unpaired) electrons. The summed E-state index contributed by atoms with van der Waals surface area (Å²) in [7, 11) is 0. The average molecular weight is 411 g/mol. The van der Waals surface area contributed by atoms with Crippen molar-refractivity contribution in [2.45, 2.75) is 45.4 Å². The number of hydrogen-bond donors (Lipinski definition) is 2. The number of amides is 2. The molecule has 0 bridgehead atoms. The lowest BCUT2D eigenvalue weighted by Crippen LogP contribution is -2.23. The predicted octanol–water partition coefficient (Wildman–Crippen LogP) is 4.11. The summed E-state index contributed by atoms with van der Waals surface area (Å²) in [6.07, 6.45) is 3.41. The van der Waals surface area contributed by atoms with Crippen LogP contribution in [0, 0.1) is 0 Å². The lowest BCUT2D eigenvalue weighted by Gasteiger charge is -2.08. The Morgan fingerprint density at radius 3 is 2.33 bits per heavy atom. The second-order valence-corrected chi connectivity index (χ2v) is 7.04. The molecule has 0 atom stereocenters. The van der Waals surface area contributed by atoms with Crippen LogP contribution < -0.4 is 10.6 Å². The van der Waals surface area contributed by atoms with E-state index in [9.17, 15) is 14.4 Å². The number of nitrogens with one attached hydrogen (secondary N) is 2. The van der Waals surface area contributed by atoms with Gasteiger partial charge < -0.3 is 15.4 Å². The van der Waals surface area contributed by atoms with Crippen molar-refractivity contribution in [3.05, 3.63) is 65.7 Å². The number of rotatable bonds is 12. The van der Waals surface area contributed by atoms with Crippen LogP contribution in [0.2, 0.25) is 0 Å². The Kier molecular flexibility index (Phi) is 10.1. The van der Waals surface area contributed by atoms with Gasteiger partial charge >= 0.3 is 5.97 Å². The van der Waals surface area contributed by atoms with Crippen LogP contribution in [-0.2, 0) is 20.7 Å². The third-order valence-corrected chi connectivity index (χ3v) is 4.47. The highest BCUT2D eigenvalue weighted by Gasteiger charge is 2.08. The zero-order chi connectivity index (χ0) is 21.6. The molecule has 0 aromatic heterocycles. The molecule has 0 aliphatic carbocycles. The first kappa shape index (κ1) is 23.1. The van der Waals surface area contributed by atoms with Crippen LogP contribution in [0.3, 0.4) is 0 Å². The highest BCUT2D eigenvalue weighted by molar-refractivity contribution is 5.95. The van der Waals surface area contributed by atoms with Crippen LogP contribution in [0.25, 0.3) is 0 Å². The fourth-order valence-electron chi connectivity index (χ4n) is 2.84. The fourth-order valence-corrected chi connectivity index (χ4v) is 2.84. The Labute approximate surface area is 178 Å². The minimum atomic E-state index is -0.279. The zero-order valence-electron chi connectivity index (χ0n) is 17.5. The average Bonchev–Trinajstić information content (AvgIpc) is 2.76. The predicted molar refractivity (Wildman–Crippen MR) is 117 cm³/mol. The Morgan fingerprint density at radius 1 is 0.900 bits per heavy atom. The second-order valence-electron chi connectivity index (χ2n) is 7.04. The van der Waals surface area contributed by atoms with Crippen molar-refractivity contribution < 1.29 is 19.1 Å². The SMILES string of the molecule is CCCNC(=O)c1ccc(NC(=O)CCCC(=O)OCCCc2ccccc2)cc1. The van der Waals surface area contributed by atoms with Crippen molar-refractivity contribution in [3.8, 4) is 0 Å². The number of anilines is 1. The van der Waals surface area contributed by atoms with E-state index in [4.69, 9.17) is 4.74 Å². The van der Waals surface area contributed by atoms with E-state index in [2.05, 4.69) is 22.8 Å². The van der Waals surface area contributed by atoms with E-state index in [0.29, 0.717) is 30.8 Å². The molecule has 6 nitrogen and oxygen atoms in total. The van der Waals surface area contributed by atoms with Crippen LogP contribution in [0.4, 0.5) is 5.69 Å². The van der Waals surface area contributed by atoms with Gasteiger partial charge in [-0.05, 0) is 55.5 Å². The van der Waals surface area contributed by atoms with Gasteiger partial charge in [0.15, 0.2) is 0 Å². The molecule has 2 aromatic rings. The van der Waals surface area contributed by atoms with Crippen LogP contribution in [0.15, 0.2) is 54.6 Å². The third-order valence-electron chi connectivity index (χ3n) is 4.47. The topological polar surface area (TPSA) is 84.5 Å². The molecular weight excluding hydrogens is 380 g/mol. The zero-order valence-corrected chi connectivity index (χ0v) is 17.5. The van der Waals surface area contributed by atoms with Crippen LogP contribution in [0.1, 0.15) is 54.9 Å². The normalized spacial score (nSPS) is 10.3. The lowest BCUT2D eigenvalue weighted by atomic mass is 10.1. The Balaban J connectivity index is 1.59. The number of ether oxygens (including phenoxy) is 1. The lowest BCUT2D eigenvalue weighted by molar-refractivity contribution is -0.143. The summed E-state index contributed by atoms with van der Waals surface area (Å²) in [5.41, 5.74) is 2.40. The minimum Gasteiger partial charge on any atom is -0.466 e. The van der Waals surface area contributed by atoms with Gasteiger partial charge in [-0.3, -0.25) is 14.4 Å². The Bertz CT molecular complexity index is 804. The first-order chi connectivity index (χ1) is 14.6. The molecule has 0 heterocycles. The van der Waals surface area contributed by atoms with Gasteiger partial charge in [0.05, 0.1) is 6.61 Å². The summed E-state index contributed by atoms with van der Waals surface area (Å²) >= 11 is 0. The number of esters is 1. The first-order valence-electron chi connectivity index (χ1n) is 10.5. The van der Waals surface area contributed by atoms with Crippen molar-refractivity contribution in [1.29, 1.82) is 0 Å². The molecule has 0 aliphatic rings. The molecule has 0 spiro atoms. The van der Waals surface area contributed by atoms with Gasteiger partial charge in [-0.15, -0.1) is 0 Å². The van der Waals surface area contributed by atoms with Gasteiger partial charge in [-0.1, -0.05) is 37.3 Å². The monoisotopic (exact) mass is 410 g/mol. The first-order valence-corrected chi connectivity index (χ1v) is 10.5. The molecule has 0 saturated heterocycles. The van der Waals surface area contributed by atoms with Gasteiger partial charge in [-0.25, -0.2) is 0 Å². The van der Waals surface area contributed by atoms with Gasteiger partial charge in [0.2, 0.25) is 5.91 Å². The summed E-state index contributed by atoms with van der Waals surface area (Å²) in [4.78, 5) is 35.7. The van der Waals surface area contributed by atoms with E-state index < -0.39 is 0 Å². The van der Waals surface area contributed by atoms with E-state index in [0.717, 1.165) is 19.3 Å². The largest absolute Gasteiger partial charge is 0.466 e. The minimum absolute atomic E-state index is 0.128. The van der Waals surface area contributed by atoms with Crippen molar-refractivity contribution in [3.63, 3.8) is 0 Å². The van der Waals surface area contributed by atoms with Gasteiger partial charge in [0, 0.05) is 30.6 Å². The number of carbonyl (C=O) groups excluding carboxylic acids is 3. The molecule has 2 amide bonds. The third kappa shape index (κ3) is 8.90. The Hall–Kier alpha value is -3.15. The van der Waals surface area contributed by atoms with Gasteiger partial charge in [0.25, 0.3) is 5.91 Å². The van der Waals surface area contributed by atoms with Gasteiger partial charge in [0.1, 0.15) is 0 Å². The molecule has 0 fully saturated rings. The van der Waals surface area contributed by atoms with E-state index in [-0.39, 0.29) is 30.6 Å². The van der Waals surface area contributed by atoms with E-state index in [1.165, 1.54) is 5.56 Å².